The van der Waals surface area contributed by atoms with Crippen molar-refractivity contribution in [1.82, 2.24) is 0 Å². The molecule has 1 nitrogen and oxygen atoms in total. The molecule has 4 atom stereocenters. The average Bonchev–Trinajstić information content (AvgIpc) is 2.59. The summed E-state index contributed by atoms with van der Waals surface area (Å²) in [6.07, 6.45) is 15.2. The second-order valence-electron chi connectivity index (χ2n) is 6.68. The van der Waals surface area contributed by atoms with Gasteiger partial charge in [-0.15, -0.1) is 22.2 Å². The molecule has 4 unspecified atom stereocenters. The van der Waals surface area contributed by atoms with Crippen LogP contribution in [0.25, 0.3) is 5.32 Å². The van der Waals surface area contributed by atoms with E-state index < -0.39 is 6.17 Å². The van der Waals surface area contributed by atoms with Crippen LogP contribution in [-0.2, 0) is 17.9 Å². The van der Waals surface area contributed by atoms with Gasteiger partial charge in [0.1, 0.15) is 0 Å². The summed E-state index contributed by atoms with van der Waals surface area (Å²) < 4.78 is 12.9. The Hall–Kier alpha value is 1.26. The summed E-state index contributed by atoms with van der Waals surface area (Å²) >= 11 is 1.47. The molecule has 0 amide bonds. The normalized spacial score (nSPS) is 33.0. The predicted octanol–water partition coefficient (Wildman–Crippen LogP) is 6.14. The summed E-state index contributed by atoms with van der Waals surface area (Å²) in [6.45, 7) is 1.04. The maximum atomic E-state index is 12.9. The van der Waals surface area contributed by atoms with Crippen LogP contribution in [0.5, 0.6) is 0 Å². The number of hydrogen-bond donors (Lipinski definition) is 0. The van der Waals surface area contributed by atoms with Gasteiger partial charge < -0.3 is 11.7 Å². The number of alkyl halides is 1. The van der Waals surface area contributed by atoms with Crippen molar-refractivity contribution in [3.05, 3.63) is 11.7 Å². The third kappa shape index (κ3) is 8.93. The van der Waals surface area contributed by atoms with E-state index in [-0.39, 0.29) is 0 Å². The molecule has 0 aromatic carbocycles. The van der Waals surface area contributed by atoms with Crippen molar-refractivity contribution in [3.63, 3.8) is 0 Å². The van der Waals surface area contributed by atoms with Crippen LogP contribution in [-0.4, -0.2) is 24.4 Å². The molecular formula is C17H31ClFIrNP. The second-order valence-corrected chi connectivity index (χ2v) is 7.62. The number of hydrogen-bond acceptors (Lipinski definition) is 0. The summed E-state index contributed by atoms with van der Waals surface area (Å²) in [7, 11) is 7.54. The van der Waals surface area contributed by atoms with Crippen LogP contribution in [0.2, 0.25) is 0 Å². The molecule has 22 heavy (non-hydrogen) atoms. The van der Waals surface area contributed by atoms with Gasteiger partial charge in [-0.25, -0.2) is 0 Å². The third-order valence-corrected chi connectivity index (χ3v) is 5.59. The van der Waals surface area contributed by atoms with Crippen LogP contribution < -0.4 is 0 Å². The van der Waals surface area contributed by atoms with Crippen LogP contribution >= 0.6 is 18.8 Å². The van der Waals surface area contributed by atoms with E-state index in [4.69, 9.17) is 0 Å². The first-order valence-electron chi connectivity index (χ1n) is 8.78. The van der Waals surface area contributed by atoms with Crippen molar-refractivity contribution in [2.75, 3.05) is 6.54 Å². The molecule has 1 aliphatic heterocycles. The van der Waals surface area contributed by atoms with Crippen LogP contribution in [0.1, 0.15) is 70.6 Å². The van der Waals surface area contributed by atoms with Gasteiger partial charge in [0, 0.05) is 0 Å². The Morgan fingerprint density at radius 2 is 1.64 bits per heavy atom. The Kier molecular flexibility index (Phi) is 13.1. The van der Waals surface area contributed by atoms with Crippen LogP contribution in [0.15, 0.2) is 0 Å². The Bertz CT molecular complexity index is 253. The molecule has 1 saturated heterocycles. The molecule has 132 valence electrons. The quantitative estimate of drug-likeness (QED) is 0.288. The van der Waals surface area contributed by atoms with E-state index in [0.717, 1.165) is 25.0 Å². The van der Waals surface area contributed by atoms with E-state index in [0.29, 0.717) is 18.4 Å². The van der Waals surface area contributed by atoms with Crippen molar-refractivity contribution >= 4 is 18.8 Å². The van der Waals surface area contributed by atoms with Crippen molar-refractivity contribution in [2.45, 2.75) is 88.5 Å². The summed E-state index contributed by atoms with van der Waals surface area (Å²) in [4.78, 5) is 0. The van der Waals surface area contributed by atoms with Gasteiger partial charge in [0.15, 0.2) is 0 Å². The number of rotatable bonds is 1. The SMILES string of the molecule is FC1C[CH-]C(C2CCCC[N-]2)CC1.PC1CCCCC1.[Cl][Ir+2]. The second kappa shape index (κ2) is 13.5. The first-order valence-corrected chi connectivity index (χ1v) is 12.4. The van der Waals surface area contributed by atoms with Gasteiger partial charge in [-0.3, -0.25) is 4.39 Å². The molecule has 0 bridgehead atoms. The topological polar surface area (TPSA) is 14.1 Å². The zero-order valence-electron chi connectivity index (χ0n) is 13.5. The van der Waals surface area contributed by atoms with Crippen LogP contribution in [0, 0.1) is 12.3 Å². The summed E-state index contributed by atoms with van der Waals surface area (Å²) in [5, 5.41) is 4.62. The molecule has 3 rings (SSSR count). The molecule has 5 heteroatoms. The van der Waals surface area contributed by atoms with Crippen molar-refractivity contribution < 1.29 is 22.3 Å². The summed E-state index contributed by atoms with van der Waals surface area (Å²) in [5.74, 6) is 0.590. The average molecular weight is 527 g/mol. The molecule has 2 saturated carbocycles. The van der Waals surface area contributed by atoms with Gasteiger partial charge in [-0.05, 0) is 24.9 Å². The molecule has 0 spiro atoms. The number of nitrogens with zero attached hydrogens (tertiary/aromatic N) is 1. The zero-order chi connectivity index (χ0) is 16.2. The molecule has 1 heterocycles. The first-order chi connectivity index (χ1) is 10.8. The van der Waals surface area contributed by atoms with Gasteiger partial charge in [0.05, 0.1) is 6.17 Å². The summed E-state index contributed by atoms with van der Waals surface area (Å²) in [6, 6.07) is 0.529. The van der Waals surface area contributed by atoms with Crippen molar-refractivity contribution in [2.24, 2.45) is 5.92 Å². The Morgan fingerprint density at radius 3 is 2.09 bits per heavy atom. The van der Waals surface area contributed by atoms with E-state index >= 15 is 0 Å². The van der Waals surface area contributed by atoms with E-state index in [1.807, 2.05) is 0 Å². The molecule has 0 radical (unpaired) electrons. The van der Waals surface area contributed by atoms with Gasteiger partial charge in [0.25, 0.3) is 0 Å². The van der Waals surface area contributed by atoms with E-state index in [2.05, 4.69) is 30.6 Å². The van der Waals surface area contributed by atoms with E-state index in [9.17, 15) is 4.39 Å². The Labute approximate surface area is 153 Å². The molecule has 0 N–H and O–H groups in total. The molecule has 2 aliphatic carbocycles. The van der Waals surface area contributed by atoms with Gasteiger partial charge >= 0.3 is 27.5 Å². The van der Waals surface area contributed by atoms with Gasteiger partial charge in [-0.1, -0.05) is 44.9 Å². The molecule has 3 fully saturated rings. The van der Waals surface area contributed by atoms with Gasteiger partial charge in [-0.2, -0.15) is 12.0 Å². The third-order valence-electron chi connectivity index (χ3n) is 4.92. The molecular weight excluding hydrogens is 496 g/mol. The molecule has 3 aliphatic rings. The number of halogens is 2. The van der Waals surface area contributed by atoms with E-state index in [1.165, 1.54) is 69.3 Å². The van der Waals surface area contributed by atoms with Crippen molar-refractivity contribution in [1.29, 1.82) is 0 Å². The molecule has 0 aromatic rings. The fraction of sp³-hybridized carbons (Fsp3) is 0.941. The maximum absolute atomic E-state index is 12.9. The van der Waals surface area contributed by atoms with Crippen molar-refractivity contribution in [3.8, 4) is 0 Å². The fourth-order valence-corrected chi connectivity index (χ4v) is 4.05. The predicted molar refractivity (Wildman–Crippen MR) is 94.8 cm³/mol. The molecule has 0 aromatic heterocycles. The number of piperidine rings is 1. The fourth-order valence-electron chi connectivity index (χ4n) is 3.58. The van der Waals surface area contributed by atoms with Crippen LogP contribution in [0.3, 0.4) is 0 Å². The summed E-state index contributed by atoms with van der Waals surface area (Å²) in [5.41, 5.74) is 0.953. The minimum atomic E-state index is -0.570. The standard InChI is InChI=1S/C11H18FN.C6H13P.ClH.Ir/c12-10-6-4-9(5-7-10)11-3-1-2-8-13-11;7-6-4-2-1-3-5-6;;/h4,9-11H,1-3,5-8H2;6H,1-5,7H2;1H;/q-2;;;+3/p-1. The Balaban J connectivity index is 0.000000228. The van der Waals surface area contributed by atoms with Gasteiger partial charge in [0.2, 0.25) is 0 Å². The Morgan fingerprint density at radius 1 is 0.955 bits per heavy atom. The van der Waals surface area contributed by atoms with Crippen LogP contribution in [0.4, 0.5) is 4.39 Å². The minimum absolute atomic E-state index is 0.529. The van der Waals surface area contributed by atoms with E-state index in [1.54, 1.807) is 0 Å². The monoisotopic (exact) mass is 527 g/mol. The first kappa shape index (κ1) is 21.3. The zero-order valence-corrected chi connectivity index (χ0v) is 17.8.